The standard InChI is InChI=1S/C7H13NO3S/c1-6-5-7(9)3-4-8(6)12(2,10)11/h6H,3-5H2,1-2H3. The molecule has 0 radical (unpaired) electrons. The molecule has 4 nitrogen and oxygen atoms in total. The average molecular weight is 191 g/mol. The topological polar surface area (TPSA) is 54.5 Å². The number of nitrogens with zero attached hydrogens (tertiary/aromatic N) is 1. The molecule has 0 aromatic rings. The highest BCUT2D eigenvalue weighted by atomic mass is 32.2. The summed E-state index contributed by atoms with van der Waals surface area (Å²) in [6.07, 6.45) is 1.89. The predicted molar refractivity (Wildman–Crippen MR) is 45.3 cm³/mol. The summed E-state index contributed by atoms with van der Waals surface area (Å²) >= 11 is 0. The molecule has 1 rings (SSSR count). The predicted octanol–water partition coefficient (Wildman–Crippen LogP) is -0.000600. The van der Waals surface area contributed by atoms with E-state index in [1.165, 1.54) is 10.6 Å². The molecule has 1 unspecified atom stereocenters. The lowest BCUT2D eigenvalue weighted by molar-refractivity contribution is -0.121. The van der Waals surface area contributed by atoms with Crippen molar-refractivity contribution in [3.8, 4) is 0 Å². The summed E-state index contributed by atoms with van der Waals surface area (Å²) in [6.45, 7) is 2.11. The number of sulfonamides is 1. The minimum absolute atomic E-state index is 0.155. The van der Waals surface area contributed by atoms with Gasteiger partial charge in [-0.15, -0.1) is 0 Å². The highest BCUT2D eigenvalue weighted by molar-refractivity contribution is 7.88. The summed E-state index contributed by atoms with van der Waals surface area (Å²) < 4.78 is 23.6. The molecule has 1 aliphatic rings. The van der Waals surface area contributed by atoms with Gasteiger partial charge in [0.15, 0.2) is 0 Å². The Kier molecular flexibility index (Phi) is 2.53. The second-order valence-electron chi connectivity index (χ2n) is 3.22. The molecular formula is C7H13NO3S. The van der Waals surface area contributed by atoms with Gasteiger partial charge >= 0.3 is 0 Å². The molecule has 0 aromatic carbocycles. The van der Waals surface area contributed by atoms with E-state index in [2.05, 4.69) is 0 Å². The third-order valence-corrected chi connectivity index (χ3v) is 3.45. The van der Waals surface area contributed by atoms with E-state index in [1.807, 2.05) is 0 Å². The molecule has 12 heavy (non-hydrogen) atoms. The van der Waals surface area contributed by atoms with E-state index >= 15 is 0 Å². The molecule has 70 valence electrons. The van der Waals surface area contributed by atoms with Crippen molar-refractivity contribution >= 4 is 15.8 Å². The van der Waals surface area contributed by atoms with Crippen LogP contribution in [0.15, 0.2) is 0 Å². The maximum absolute atomic E-state index is 11.1. The Hall–Kier alpha value is -0.420. The van der Waals surface area contributed by atoms with Crippen LogP contribution in [-0.2, 0) is 14.8 Å². The van der Waals surface area contributed by atoms with Crippen LogP contribution in [0.1, 0.15) is 19.8 Å². The Morgan fingerprint density at radius 1 is 1.50 bits per heavy atom. The van der Waals surface area contributed by atoms with E-state index in [9.17, 15) is 13.2 Å². The van der Waals surface area contributed by atoms with Crippen molar-refractivity contribution in [1.82, 2.24) is 4.31 Å². The van der Waals surface area contributed by atoms with Crippen LogP contribution >= 0.6 is 0 Å². The zero-order valence-electron chi connectivity index (χ0n) is 7.28. The van der Waals surface area contributed by atoms with E-state index in [-0.39, 0.29) is 11.8 Å². The highest BCUT2D eigenvalue weighted by Crippen LogP contribution is 2.16. The lowest BCUT2D eigenvalue weighted by atomic mass is 10.1. The third kappa shape index (κ3) is 2.04. The van der Waals surface area contributed by atoms with Crippen molar-refractivity contribution in [3.63, 3.8) is 0 Å². The summed E-state index contributed by atoms with van der Waals surface area (Å²) in [4.78, 5) is 10.9. The highest BCUT2D eigenvalue weighted by Gasteiger charge is 2.29. The number of rotatable bonds is 1. The fourth-order valence-electron chi connectivity index (χ4n) is 1.48. The SMILES string of the molecule is CC1CC(=O)CCN1S(C)(=O)=O. The number of hydrogen-bond donors (Lipinski definition) is 0. The number of hydrogen-bond acceptors (Lipinski definition) is 3. The van der Waals surface area contributed by atoms with Gasteiger partial charge in [-0.1, -0.05) is 0 Å². The van der Waals surface area contributed by atoms with Crippen LogP contribution in [0.25, 0.3) is 0 Å². The Bertz CT molecular complexity index is 283. The Morgan fingerprint density at radius 2 is 2.08 bits per heavy atom. The van der Waals surface area contributed by atoms with E-state index < -0.39 is 10.0 Å². The Labute approximate surface area is 72.6 Å². The van der Waals surface area contributed by atoms with E-state index in [0.29, 0.717) is 19.4 Å². The molecule has 0 aliphatic carbocycles. The van der Waals surface area contributed by atoms with Gasteiger partial charge < -0.3 is 0 Å². The fraction of sp³-hybridized carbons (Fsp3) is 0.857. The number of carbonyl (C=O) groups excluding carboxylic acids is 1. The summed E-state index contributed by atoms with van der Waals surface area (Å²) in [5.41, 5.74) is 0. The lowest BCUT2D eigenvalue weighted by Crippen LogP contribution is -2.44. The van der Waals surface area contributed by atoms with Crippen LogP contribution < -0.4 is 0 Å². The quantitative estimate of drug-likeness (QED) is 0.586. The van der Waals surface area contributed by atoms with Gasteiger partial charge in [-0.2, -0.15) is 4.31 Å². The molecule has 0 bridgehead atoms. The normalized spacial score (nSPS) is 27.5. The van der Waals surface area contributed by atoms with Crippen LogP contribution in [-0.4, -0.2) is 37.3 Å². The van der Waals surface area contributed by atoms with Crippen molar-refractivity contribution in [1.29, 1.82) is 0 Å². The van der Waals surface area contributed by atoms with Gasteiger partial charge in [-0.25, -0.2) is 8.42 Å². The maximum Gasteiger partial charge on any atom is 0.211 e. The first-order valence-electron chi connectivity index (χ1n) is 3.90. The van der Waals surface area contributed by atoms with Crippen LogP contribution in [0.2, 0.25) is 0 Å². The van der Waals surface area contributed by atoms with Crippen LogP contribution in [0.4, 0.5) is 0 Å². The number of ketones is 1. The van der Waals surface area contributed by atoms with Gasteiger partial charge in [0.25, 0.3) is 0 Å². The summed E-state index contributed by atoms with van der Waals surface area (Å²) in [7, 11) is -3.12. The molecule has 0 amide bonds. The van der Waals surface area contributed by atoms with Crippen molar-refractivity contribution in [2.45, 2.75) is 25.8 Å². The van der Waals surface area contributed by atoms with Gasteiger partial charge in [0.2, 0.25) is 10.0 Å². The first-order valence-corrected chi connectivity index (χ1v) is 5.74. The molecule has 1 atom stereocenters. The smallest absolute Gasteiger partial charge is 0.211 e. The summed E-state index contributed by atoms with van der Waals surface area (Å²) in [5, 5.41) is 0. The van der Waals surface area contributed by atoms with E-state index in [1.54, 1.807) is 6.92 Å². The minimum Gasteiger partial charge on any atom is -0.300 e. The van der Waals surface area contributed by atoms with Gasteiger partial charge in [0.1, 0.15) is 5.78 Å². The van der Waals surface area contributed by atoms with E-state index in [0.717, 1.165) is 0 Å². The zero-order valence-corrected chi connectivity index (χ0v) is 8.10. The van der Waals surface area contributed by atoms with Gasteiger partial charge in [-0.05, 0) is 6.92 Å². The van der Waals surface area contributed by atoms with Crippen molar-refractivity contribution < 1.29 is 13.2 Å². The molecule has 1 fully saturated rings. The number of piperidine rings is 1. The monoisotopic (exact) mass is 191 g/mol. The molecule has 0 saturated carbocycles. The summed E-state index contributed by atoms with van der Waals surface area (Å²) in [5.74, 6) is 0.155. The molecule has 0 spiro atoms. The average Bonchev–Trinajstić information content (AvgIpc) is 1.83. The Morgan fingerprint density at radius 3 is 2.50 bits per heavy atom. The lowest BCUT2D eigenvalue weighted by Gasteiger charge is -2.30. The fourth-order valence-corrected chi connectivity index (χ4v) is 2.63. The van der Waals surface area contributed by atoms with Crippen molar-refractivity contribution in [2.75, 3.05) is 12.8 Å². The molecule has 5 heteroatoms. The largest absolute Gasteiger partial charge is 0.300 e. The van der Waals surface area contributed by atoms with Crippen LogP contribution in [0, 0.1) is 0 Å². The molecule has 1 saturated heterocycles. The molecule has 0 N–H and O–H groups in total. The maximum atomic E-state index is 11.1. The molecule has 1 aliphatic heterocycles. The first kappa shape index (κ1) is 9.67. The van der Waals surface area contributed by atoms with Crippen LogP contribution in [0.3, 0.4) is 0 Å². The van der Waals surface area contributed by atoms with E-state index in [4.69, 9.17) is 0 Å². The second kappa shape index (κ2) is 3.14. The van der Waals surface area contributed by atoms with Gasteiger partial charge in [0.05, 0.1) is 6.26 Å². The summed E-state index contributed by atoms with van der Waals surface area (Å²) in [6, 6.07) is -0.166. The molecule has 1 heterocycles. The zero-order chi connectivity index (χ0) is 9.35. The van der Waals surface area contributed by atoms with Crippen molar-refractivity contribution in [3.05, 3.63) is 0 Å². The van der Waals surface area contributed by atoms with Crippen LogP contribution in [0.5, 0.6) is 0 Å². The number of carbonyl (C=O) groups is 1. The first-order chi connectivity index (χ1) is 5.41. The second-order valence-corrected chi connectivity index (χ2v) is 5.15. The van der Waals surface area contributed by atoms with Crippen molar-refractivity contribution in [2.24, 2.45) is 0 Å². The molecular weight excluding hydrogens is 178 g/mol. The number of Topliss-reactive ketones (excluding diaryl/α,β-unsaturated/α-hetero) is 1. The van der Waals surface area contributed by atoms with Gasteiger partial charge in [-0.3, -0.25) is 4.79 Å². The Balaban J connectivity index is 2.76. The minimum atomic E-state index is -3.12. The third-order valence-electron chi connectivity index (χ3n) is 2.05. The van der Waals surface area contributed by atoms with Gasteiger partial charge in [0, 0.05) is 25.4 Å². The molecule has 0 aromatic heterocycles.